The molecule has 0 aliphatic carbocycles. The number of halogens is 1. The van der Waals surface area contributed by atoms with Gasteiger partial charge in [-0.05, 0) is 60.3 Å². The summed E-state index contributed by atoms with van der Waals surface area (Å²) < 4.78 is 28.0. The Labute approximate surface area is 120 Å². The summed E-state index contributed by atoms with van der Waals surface area (Å²) in [6.45, 7) is 3.44. The van der Waals surface area contributed by atoms with Crippen molar-refractivity contribution in [2.75, 3.05) is 13.1 Å². The highest BCUT2D eigenvalue weighted by Crippen LogP contribution is 2.30. The first-order valence-corrected chi connectivity index (χ1v) is 9.07. The average molecular weight is 353 g/mol. The van der Waals surface area contributed by atoms with E-state index in [1.807, 2.05) is 6.92 Å². The minimum atomic E-state index is -3.34. The first-order chi connectivity index (χ1) is 8.49. The molecule has 2 rings (SSSR count). The molecule has 0 spiro atoms. The summed E-state index contributed by atoms with van der Waals surface area (Å²) in [6.07, 6.45) is 3.19. The van der Waals surface area contributed by atoms with Gasteiger partial charge in [0, 0.05) is 12.6 Å². The van der Waals surface area contributed by atoms with Gasteiger partial charge in [-0.25, -0.2) is 13.1 Å². The van der Waals surface area contributed by atoms with Crippen LogP contribution in [-0.2, 0) is 10.0 Å². The number of aryl methyl sites for hydroxylation is 1. The molecule has 2 heterocycles. The number of sulfonamides is 1. The van der Waals surface area contributed by atoms with Crippen LogP contribution in [0.4, 0.5) is 0 Å². The summed E-state index contributed by atoms with van der Waals surface area (Å²) in [7, 11) is -3.34. The highest BCUT2D eigenvalue weighted by molar-refractivity contribution is 9.11. The Balaban J connectivity index is 1.90. The maximum Gasteiger partial charge on any atom is 0.250 e. The fraction of sp³-hybridized carbons (Fsp3) is 0.636. The van der Waals surface area contributed by atoms with Gasteiger partial charge >= 0.3 is 0 Å². The molecule has 1 atom stereocenters. The Hall–Kier alpha value is 0.0500. The van der Waals surface area contributed by atoms with E-state index in [1.165, 1.54) is 17.8 Å². The van der Waals surface area contributed by atoms with E-state index in [9.17, 15) is 8.42 Å². The van der Waals surface area contributed by atoms with Crippen molar-refractivity contribution < 1.29 is 8.42 Å². The predicted octanol–water partition coefficient (Wildman–Crippen LogP) is 2.24. The van der Waals surface area contributed by atoms with E-state index in [0.717, 1.165) is 28.7 Å². The maximum absolute atomic E-state index is 12.0. The molecule has 0 saturated carbocycles. The minimum Gasteiger partial charge on any atom is -0.314 e. The first kappa shape index (κ1) is 14.5. The zero-order valence-corrected chi connectivity index (χ0v) is 13.4. The van der Waals surface area contributed by atoms with Gasteiger partial charge < -0.3 is 5.32 Å². The Bertz CT molecular complexity index is 488. The summed E-state index contributed by atoms with van der Waals surface area (Å²) in [6, 6.07) is 2.16. The van der Waals surface area contributed by atoms with Gasteiger partial charge in [0.1, 0.15) is 4.21 Å². The first-order valence-electron chi connectivity index (χ1n) is 5.98. The molecule has 2 N–H and O–H groups in total. The van der Waals surface area contributed by atoms with Crippen molar-refractivity contribution in [3.8, 4) is 0 Å². The summed E-state index contributed by atoms with van der Waals surface area (Å²) in [5.74, 6) is 0. The number of nitrogens with one attached hydrogen (secondary N) is 2. The van der Waals surface area contributed by atoms with Crippen LogP contribution in [0.2, 0.25) is 0 Å². The molecule has 1 aromatic rings. The summed E-state index contributed by atoms with van der Waals surface area (Å²) in [4.78, 5) is 0. The number of hydrogen-bond acceptors (Lipinski definition) is 4. The van der Waals surface area contributed by atoms with E-state index in [2.05, 4.69) is 26.0 Å². The van der Waals surface area contributed by atoms with E-state index in [1.54, 1.807) is 6.07 Å². The normalized spacial score (nSPS) is 20.4. The van der Waals surface area contributed by atoms with Crippen LogP contribution >= 0.6 is 27.3 Å². The largest absolute Gasteiger partial charge is 0.314 e. The lowest BCUT2D eigenvalue weighted by Gasteiger charge is -2.10. The topological polar surface area (TPSA) is 58.2 Å². The van der Waals surface area contributed by atoms with Crippen molar-refractivity contribution in [3.05, 3.63) is 15.4 Å². The maximum atomic E-state index is 12.0. The standard InChI is InChI=1S/C11H17BrN2O2S2/c1-8-7-10(17-11(8)12)18(15,16)14-6-4-9-3-2-5-13-9/h7,9,13-14H,2-6H2,1H3/t9-/m1/s1. The zero-order valence-electron chi connectivity index (χ0n) is 10.2. The second-order valence-corrected chi connectivity index (χ2v) is 8.87. The molecule has 0 bridgehead atoms. The van der Waals surface area contributed by atoms with Crippen molar-refractivity contribution in [2.24, 2.45) is 0 Å². The summed E-state index contributed by atoms with van der Waals surface area (Å²) in [5.41, 5.74) is 0.956. The molecule has 0 amide bonds. The molecule has 7 heteroatoms. The lowest BCUT2D eigenvalue weighted by atomic mass is 10.2. The van der Waals surface area contributed by atoms with Crippen LogP contribution in [0.5, 0.6) is 0 Å². The van der Waals surface area contributed by atoms with Gasteiger partial charge in [0.05, 0.1) is 3.79 Å². The van der Waals surface area contributed by atoms with Gasteiger partial charge in [0.2, 0.25) is 10.0 Å². The molecule has 18 heavy (non-hydrogen) atoms. The molecule has 0 radical (unpaired) electrons. The average Bonchev–Trinajstić information content (AvgIpc) is 2.90. The molecule has 0 unspecified atom stereocenters. The van der Waals surface area contributed by atoms with Crippen molar-refractivity contribution in [1.29, 1.82) is 0 Å². The molecule has 1 aliphatic rings. The van der Waals surface area contributed by atoms with Gasteiger partial charge in [0.15, 0.2) is 0 Å². The van der Waals surface area contributed by atoms with Crippen LogP contribution in [-0.4, -0.2) is 27.5 Å². The third-order valence-corrected chi connectivity index (χ3v) is 7.12. The molecule has 1 aliphatic heterocycles. The third kappa shape index (κ3) is 3.54. The zero-order chi connectivity index (χ0) is 13.2. The van der Waals surface area contributed by atoms with Crippen LogP contribution in [0.1, 0.15) is 24.8 Å². The van der Waals surface area contributed by atoms with Crippen LogP contribution < -0.4 is 10.0 Å². The predicted molar refractivity (Wildman–Crippen MR) is 77.6 cm³/mol. The Morgan fingerprint density at radius 2 is 2.39 bits per heavy atom. The van der Waals surface area contributed by atoms with Crippen LogP contribution in [0.25, 0.3) is 0 Å². The second kappa shape index (κ2) is 6.00. The lowest BCUT2D eigenvalue weighted by molar-refractivity contribution is 0.540. The van der Waals surface area contributed by atoms with E-state index >= 15 is 0 Å². The minimum absolute atomic E-state index is 0.381. The Morgan fingerprint density at radius 1 is 1.61 bits per heavy atom. The van der Waals surface area contributed by atoms with Gasteiger partial charge in [-0.3, -0.25) is 0 Å². The van der Waals surface area contributed by atoms with Gasteiger partial charge in [-0.15, -0.1) is 11.3 Å². The molecule has 1 saturated heterocycles. The molecule has 4 nitrogen and oxygen atoms in total. The smallest absolute Gasteiger partial charge is 0.250 e. The molecular formula is C11H17BrN2O2S2. The fourth-order valence-electron chi connectivity index (χ4n) is 2.01. The number of hydrogen-bond donors (Lipinski definition) is 2. The van der Waals surface area contributed by atoms with E-state index < -0.39 is 10.0 Å². The Kier molecular flexibility index (Phi) is 4.82. The molecule has 0 aromatic carbocycles. The quantitative estimate of drug-likeness (QED) is 0.854. The van der Waals surface area contributed by atoms with Crippen LogP contribution in [0.3, 0.4) is 0 Å². The monoisotopic (exact) mass is 352 g/mol. The molecule has 1 aromatic heterocycles. The van der Waals surface area contributed by atoms with Gasteiger partial charge in [-0.1, -0.05) is 0 Å². The van der Waals surface area contributed by atoms with E-state index in [4.69, 9.17) is 0 Å². The van der Waals surface area contributed by atoms with Crippen molar-refractivity contribution in [1.82, 2.24) is 10.0 Å². The van der Waals surface area contributed by atoms with Crippen molar-refractivity contribution in [2.45, 2.75) is 36.4 Å². The molecule has 1 fully saturated rings. The highest BCUT2D eigenvalue weighted by atomic mass is 79.9. The van der Waals surface area contributed by atoms with Crippen LogP contribution in [0, 0.1) is 6.92 Å². The number of thiophene rings is 1. The van der Waals surface area contributed by atoms with Crippen molar-refractivity contribution >= 4 is 37.3 Å². The van der Waals surface area contributed by atoms with Gasteiger partial charge in [0.25, 0.3) is 0 Å². The second-order valence-electron chi connectivity index (χ2n) is 4.50. The van der Waals surface area contributed by atoms with Gasteiger partial charge in [-0.2, -0.15) is 0 Å². The summed E-state index contributed by atoms with van der Waals surface area (Å²) >= 11 is 4.60. The van der Waals surface area contributed by atoms with E-state index in [0.29, 0.717) is 16.8 Å². The third-order valence-electron chi connectivity index (χ3n) is 3.05. The van der Waals surface area contributed by atoms with Crippen LogP contribution in [0.15, 0.2) is 14.1 Å². The van der Waals surface area contributed by atoms with Crippen molar-refractivity contribution in [3.63, 3.8) is 0 Å². The Morgan fingerprint density at radius 3 is 2.94 bits per heavy atom. The lowest BCUT2D eigenvalue weighted by Crippen LogP contribution is -2.30. The highest BCUT2D eigenvalue weighted by Gasteiger charge is 2.19. The number of rotatable bonds is 5. The van der Waals surface area contributed by atoms with E-state index in [-0.39, 0.29) is 0 Å². The fourth-order valence-corrected chi connectivity index (χ4v) is 5.32. The molecular weight excluding hydrogens is 336 g/mol. The molecule has 102 valence electrons. The summed E-state index contributed by atoms with van der Waals surface area (Å²) in [5, 5.41) is 3.36. The SMILES string of the molecule is Cc1cc(S(=O)(=O)NCC[C@H]2CCCN2)sc1Br.